The predicted molar refractivity (Wildman–Crippen MR) is 147 cm³/mol. The number of fused-ring (bicyclic) bond motifs is 3. The van der Waals surface area contributed by atoms with Crippen molar-refractivity contribution in [1.82, 2.24) is 14.5 Å². The smallest absolute Gasteiger partial charge is 0.330 e. The number of aromatic amines is 1. The highest BCUT2D eigenvalue weighted by atomic mass is 35.5. The summed E-state index contributed by atoms with van der Waals surface area (Å²) in [7, 11) is 2.79. The number of methoxy groups -OCH3 is 2. The molecule has 0 fully saturated rings. The summed E-state index contributed by atoms with van der Waals surface area (Å²) < 4.78 is 18.2. The number of Topliss-reactive ketones (excluding diaryl/α,β-unsaturated/α-hetero) is 2. The Kier molecular flexibility index (Phi) is 6.01. The van der Waals surface area contributed by atoms with Crippen molar-refractivity contribution >= 4 is 45.8 Å². The first-order valence-electron chi connectivity index (χ1n) is 12.2. The maximum Gasteiger partial charge on any atom is 0.330 e. The lowest BCUT2D eigenvalue weighted by Crippen LogP contribution is -2.57. The molecule has 6 rings (SSSR count). The number of hydrogen-bond acceptors (Lipinski definition) is 8. The maximum absolute atomic E-state index is 14.1. The van der Waals surface area contributed by atoms with Crippen LogP contribution in [0.15, 0.2) is 46.0 Å². The van der Waals surface area contributed by atoms with Gasteiger partial charge in [-0.15, -0.1) is 0 Å². The Hall–Kier alpha value is -4.15. The number of carbonyl (C=O) groups excluding carboxylic acids is 2. The number of benzene rings is 2. The van der Waals surface area contributed by atoms with Gasteiger partial charge in [0.25, 0.3) is 5.56 Å². The molecule has 1 spiro atoms. The highest BCUT2D eigenvalue weighted by Crippen LogP contribution is 2.53. The quantitative estimate of drug-likeness (QED) is 0.360. The molecule has 3 heterocycles. The van der Waals surface area contributed by atoms with Crippen LogP contribution < -0.4 is 25.5 Å². The van der Waals surface area contributed by atoms with E-state index in [0.29, 0.717) is 10.7 Å². The van der Waals surface area contributed by atoms with Crippen LogP contribution >= 0.6 is 23.2 Å². The van der Waals surface area contributed by atoms with E-state index < -0.39 is 34.3 Å². The second-order valence-electron chi connectivity index (χ2n) is 9.73. The molecule has 0 bridgehead atoms. The van der Waals surface area contributed by atoms with Gasteiger partial charge in [0.2, 0.25) is 17.2 Å². The van der Waals surface area contributed by atoms with E-state index in [4.69, 9.17) is 37.4 Å². The van der Waals surface area contributed by atoms with Gasteiger partial charge >= 0.3 is 5.69 Å². The molecule has 12 heteroatoms. The molecule has 0 saturated carbocycles. The van der Waals surface area contributed by atoms with Crippen molar-refractivity contribution in [3.05, 3.63) is 89.7 Å². The van der Waals surface area contributed by atoms with Crippen LogP contribution in [0.5, 0.6) is 17.2 Å². The van der Waals surface area contributed by atoms with Crippen molar-refractivity contribution < 1.29 is 23.8 Å². The SMILES string of the molecule is COc1cc(OC)c2c(c1Cl)O[C@@]1(C(=O)c3cc4c(=O)[nH]c(=O)n(Cc5ccc(Cl)cc5)c4nc3C[C@H]1C)C2=O. The number of aromatic nitrogens is 3. The fourth-order valence-corrected chi connectivity index (χ4v) is 5.84. The lowest BCUT2D eigenvalue weighted by Gasteiger charge is -2.36. The third-order valence-corrected chi connectivity index (χ3v) is 8.11. The number of ether oxygens (including phenoxy) is 3. The fraction of sp³-hybridized carbons (Fsp3) is 0.250. The van der Waals surface area contributed by atoms with Gasteiger partial charge in [-0.3, -0.25) is 23.9 Å². The number of pyridine rings is 1. The van der Waals surface area contributed by atoms with Crippen molar-refractivity contribution in [2.24, 2.45) is 5.92 Å². The largest absolute Gasteiger partial charge is 0.496 e. The van der Waals surface area contributed by atoms with Crippen LogP contribution in [-0.4, -0.2) is 45.9 Å². The number of hydrogen-bond donors (Lipinski definition) is 1. The number of rotatable bonds is 4. The average Bonchev–Trinajstić information content (AvgIpc) is 3.25. The molecule has 10 nitrogen and oxygen atoms in total. The molecule has 2 aromatic heterocycles. The van der Waals surface area contributed by atoms with E-state index in [1.54, 1.807) is 31.2 Å². The Morgan fingerprint density at radius 2 is 1.75 bits per heavy atom. The molecule has 0 unspecified atom stereocenters. The van der Waals surface area contributed by atoms with Gasteiger partial charge in [-0.2, -0.15) is 0 Å². The van der Waals surface area contributed by atoms with E-state index in [1.165, 1.54) is 30.9 Å². The van der Waals surface area contributed by atoms with Crippen molar-refractivity contribution in [1.29, 1.82) is 0 Å². The number of nitrogens with zero attached hydrogens (tertiary/aromatic N) is 2. The van der Waals surface area contributed by atoms with E-state index in [1.807, 2.05) is 0 Å². The minimum atomic E-state index is -1.95. The topological polar surface area (TPSA) is 130 Å². The second kappa shape index (κ2) is 9.21. The minimum Gasteiger partial charge on any atom is -0.496 e. The summed E-state index contributed by atoms with van der Waals surface area (Å²) in [5.41, 5.74) is -1.99. The molecule has 0 radical (unpaired) electrons. The first-order chi connectivity index (χ1) is 19.1. The van der Waals surface area contributed by atoms with E-state index in [9.17, 15) is 19.2 Å². The molecular formula is C28H21Cl2N3O7. The van der Waals surface area contributed by atoms with E-state index >= 15 is 0 Å². The third kappa shape index (κ3) is 3.59. The van der Waals surface area contributed by atoms with Gasteiger partial charge in [0.1, 0.15) is 27.7 Å². The molecule has 1 N–H and O–H groups in total. The summed E-state index contributed by atoms with van der Waals surface area (Å²) in [5, 5.41) is 0.596. The standard InChI is InChI=1S/C28H21Cl2N3O7/c1-12-8-17-15(23(34)28(12)24(35)20-18(38-2)10-19(39-3)21(30)22(20)40-28)9-16-25(31-17)33(27(37)32-26(16)36)11-13-4-6-14(29)7-5-13/h4-7,9-10,12H,8,11H2,1-3H3,(H,32,36,37)/t12-,28+/m1/s1. The highest BCUT2D eigenvalue weighted by molar-refractivity contribution is 6.36. The lowest BCUT2D eigenvalue weighted by atomic mass is 9.71. The summed E-state index contributed by atoms with van der Waals surface area (Å²) >= 11 is 12.5. The van der Waals surface area contributed by atoms with Crippen molar-refractivity contribution in [3.8, 4) is 17.2 Å². The summed E-state index contributed by atoms with van der Waals surface area (Å²) in [4.78, 5) is 60.7. The van der Waals surface area contributed by atoms with Gasteiger partial charge in [-0.25, -0.2) is 9.78 Å². The summed E-state index contributed by atoms with van der Waals surface area (Å²) in [5.74, 6) is -1.57. The molecule has 4 aromatic rings. The Balaban J connectivity index is 1.51. The van der Waals surface area contributed by atoms with Crippen molar-refractivity contribution in [2.45, 2.75) is 25.5 Å². The van der Waals surface area contributed by atoms with Crippen LogP contribution in [0.3, 0.4) is 0 Å². The average molecular weight is 582 g/mol. The van der Waals surface area contributed by atoms with E-state index in [-0.39, 0.29) is 57.4 Å². The Morgan fingerprint density at radius 1 is 1.05 bits per heavy atom. The predicted octanol–water partition coefficient (Wildman–Crippen LogP) is 3.85. The zero-order valence-electron chi connectivity index (χ0n) is 21.5. The molecule has 204 valence electrons. The number of halogens is 2. The molecule has 1 aliphatic carbocycles. The first kappa shape index (κ1) is 26.1. The van der Waals surface area contributed by atoms with Gasteiger partial charge in [0.05, 0.1) is 31.8 Å². The molecular weight excluding hydrogens is 561 g/mol. The molecule has 2 atom stereocenters. The number of ketones is 2. The molecule has 0 saturated heterocycles. The number of H-pyrrole nitrogens is 1. The molecule has 0 amide bonds. The zero-order chi connectivity index (χ0) is 28.5. The summed E-state index contributed by atoms with van der Waals surface area (Å²) in [6.07, 6.45) is 0.149. The Labute approximate surface area is 236 Å². The van der Waals surface area contributed by atoms with Crippen molar-refractivity contribution in [3.63, 3.8) is 0 Å². The lowest BCUT2D eigenvalue weighted by molar-refractivity contribution is 0.0257. The fourth-order valence-electron chi connectivity index (χ4n) is 5.45. The van der Waals surface area contributed by atoms with Gasteiger partial charge in [0, 0.05) is 22.6 Å². The van der Waals surface area contributed by atoms with Crippen LogP contribution in [0.4, 0.5) is 0 Å². The number of carbonyl (C=O) groups is 2. The van der Waals surface area contributed by atoms with E-state index in [2.05, 4.69) is 9.97 Å². The van der Waals surface area contributed by atoms with Crippen LogP contribution in [0, 0.1) is 5.92 Å². The normalized spacial score (nSPS) is 19.5. The number of nitrogens with one attached hydrogen (secondary N) is 1. The van der Waals surface area contributed by atoms with Crippen LogP contribution in [-0.2, 0) is 13.0 Å². The first-order valence-corrected chi connectivity index (χ1v) is 13.0. The third-order valence-electron chi connectivity index (χ3n) is 7.50. The Bertz CT molecular complexity index is 1880. The molecule has 1 aliphatic heterocycles. The molecule has 40 heavy (non-hydrogen) atoms. The minimum absolute atomic E-state index is 0.00471. The maximum atomic E-state index is 14.1. The van der Waals surface area contributed by atoms with Crippen LogP contribution in [0.1, 0.15) is 38.9 Å². The van der Waals surface area contributed by atoms with Crippen molar-refractivity contribution in [2.75, 3.05) is 14.2 Å². The van der Waals surface area contributed by atoms with Gasteiger partial charge in [-0.1, -0.05) is 42.3 Å². The van der Waals surface area contributed by atoms with Crippen LogP contribution in [0.2, 0.25) is 10.0 Å². The monoisotopic (exact) mass is 581 g/mol. The Morgan fingerprint density at radius 3 is 2.42 bits per heavy atom. The van der Waals surface area contributed by atoms with Gasteiger partial charge in [0.15, 0.2) is 5.75 Å². The van der Waals surface area contributed by atoms with Crippen LogP contribution in [0.25, 0.3) is 11.0 Å². The summed E-state index contributed by atoms with van der Waals surface area (Å²) in [6, 6.07) is 9.73. The van der Waals surface area contributed by atoms with Gasteiger partial charge < -0.3 is 14.2 Å². The summed E-state index contributed by atoms with van der Waals surface area (Å²) in [6.45, 7) is 1.81. The van der Waals surface area contributed by atoms with Gasteiger partial charge in [-0.05, 0) is 30.2 Å². The van der Waals surface area contributed by atoms with E-state index in [0.717, 1.165) is 5.56 Å². The second-order valence-corrected chi connectivity index (χ2v) is 10.5. The highest BCUT2D eigenvalue weighted by Gasteiger charge is 2.62. The molecule has 2 aliphatic rings. The zero-order valence-corrected chi connectivity index (χ0v) is 23.0. The molecule has 2 aromatic carbocycles.